The van der Waals surface area contributed by atoms with E-state index in [0.29, 0.717) is 28.6 Å². The number of nitrogens with two attached hydrogens (primary N) is 1. The normalized spacial score (nSPS) is 13.4. The Balaban J connectivity index is 1.63. The van der Waals surface area contributed by atoms with E-state index in [1.165, 1.54) is 6.21 Å². The van der Waals surface area contributed by atoms with Crippen LogP contribution in [0.3, 0.4) is 0 Å². The fourth-order valence-corrected chi connectivity index (χ4v) is 3.85. The summed E-state index contributed by atoms with van der Waals surface area (Å²) in [5.74, 6) is 2.36. The highest BCUT2D eigenvalue weighted by atomic mass is 16.5. The fourth-order valence-electron chi connectivity index (χ4n) is 3.85. The number of nitrogens with one attached hydrogen (secondary N) is 4. The molecule has 1 amide bonds. The van der Waals surface area contributed by atoms with Gasteiger partial charge in [-0.05, 0) is 44.2 Å². The Labute approximate surface area is 210 Å². The van der Waals surface area contributed by atoms with Crippen LogP contribution in [0, 0.1) is 5.41 Å². The number of hydrogen-bond acceptors (Lipinski definition) is 9. The van der Waals surface area contributed by atoms with Gasteiger partial charge in [-0.2, -0.15) is 0 Å². The zero-order valence-corrected chi connectivity index (χ0v) is 20.5. The van der Waals surface area contributed by atoms with Crippen molar-refractivity contribution in [3.63, 3.8) is 0 Å². The Morgan fingerprint density at radius 3 is 2.75 bits per heavy atom. The van der Waals surface area contributed by atoms with Gasteiger partial charge in [0.15, 0.2) is 12.4 Å². The summed E-state index contributed by atoms with van der Waals surface area (Å²) in [5, 5.41) is 17.1. The van der Waals surface area contributed by atoms with E-state index in [-0.39, 0.29) is 18.6 Å². The molecule has 1 fully saturated rings. The summed E-state index contributed by atoms with van der Waals surface area (Å²) in [4.78, 5) is 23.8. The Hall–Kier alpha value is -4.18. The number of anilines is 4. The summed E-state index contributed by atoms with van der Waals surface area (Å²) in [6, 6.07) is 14.8. The van der Waals surface area contributed by atoms with Crippen LogP contribution in [0.15, 0.2) is 48.5 Å². The molecule has 0 radical (unpaired) electrons. The predicted octanol–water partition coefficient (Wildman–Crippen LogP) is 2.78. The first kappa shape index (κ1) is 24.9. The van der Waals surface area contributed by atoms with E-state index in [4.69, 9.17) is 25.8 Å². The molecule has 1 aliphatic heterocycles. The highest BCUT2D eigenvalue weighted by Crippen LogP contribution is 2.28. The second-order valence-corrected chi connectivity index (χ2v) is 8.82. The third-order valence-corrected chi connectivity index (χ3v) is 5.58. The SMILES string of the molecule is CC(C)NC(=O)COc1cccc(-c2nc(Nc3ccc(N)c(C=N)c3)cc(N3CCNCC3)n2)c1. The molecule has 0 atom stereocenters. The minimum Gasteiger partial charge on any atom is -0.484 e. The Morgan fingerprint density at radius 2 is 2.00 bits per heavy atom. The predicted molar refractivity (Wildman–Crippen MR) is 143 cm³/mol. The lowest BCUT2D eigenvalue weighted by Crippen LogP contribution is -2.44. The summed E-state index contributed by atoms with van der Waals surface area (Å²) >= 11 is 0. The molecule has 0 aliphatic carbocycles. The molecule has 2 heterocycles. The van der Waals surface area contributed by atoms with Gasteiger partial charge in [0.05, 0.1) is 0 Å². The number of amides is 1. The van der Waals surface area contributed by atoms with E-state index in [9.17, 15) is 4.79 Å². The number of carbonyl (C=O) groups is 1. The number of rotatable bonds is 9. The summed E-state index contributed by atoms with van der Waals surface area (Å²) < 4.78 is 5.71. The maximum Gasteiger partial charge on any atom is 0.258 e. The largest absolute Gasteiger partial charge is 0.484 e. The van der Waals surface area contributed by atoms with Crippen LogP contribution in [0.4, 0.5) is 23.0 Å². The van der Waals surface area contributed by atoms with Crippen molar-refractivity contribution in [2.45, 2.75) is 19.9 Å². The number of ether oxygens (including phenoxy) is 1. The van der Waals surface area contributed by atoms with E-state index in [1.54, 1.807) is 12.1 Å². The molecule has 0 bridgehead atoms. The lowest BCUT2D eigenvalue weighted by atomic mass is 10.1. The molecule has 4 rings (SSSR count). The average molecular weight is 489 g/mol. The van der Waals surface area contributed by atoms with Crippen molar-refractivity contribution in [1.82, 2.24) is 20.6 Å². The molecule has 188 valence electrons. The number of piperazine rings is 1. The molecule has 1 aromatic heterocycles. The highest BCUT2D eigenvalue weighted by molar-refractivity contribution is 5.87. The molecular weight excluding hydrogens is 456 g/mol. The minimum absolute atomic E-state index is 0.0515. The van der Waals surface area contributed by atoms with Gasteiger partial charge in [-0.1, -0.05) is 12.1 Å². The molecule has 10 nitrogen and oxygen atoms in total. The third-order valence-electron chi connectivity index (χ3n) is 5.58. The maximum atomic E-state index is 12.0. The monoisotopic (exact) mass is 488 g/mol. The van der Waals surface area contributed by atoms with Crippen molar-refractivity contribution >= 4 is 35.1 Å². The lowest BCUT2D eigenvalue weighted by molar-refractivity contribution is -0.123. The Kier molecular flexibility index (Phi) is 7.96. The van der Waals surface area contributed by atoms with E-state index < -0.39 is 0 Å². The number of carbonyl (C=O) groups excluding carboxylic acids is 1. The van der Waals surface area contributed by atoms with Gasteiger partial charge < -0.3 is 36.7 Å². The molecule has 1 aliphatic rings. The van der Waals surface area contributed by atoms with Crippen LogP contribution < -0.4 is 31.3 Å². The summed E-state index contributed by atoms with van der Waals surface area (Å²) in [6.07, 6.45) is 1.23. The van der Waals surface area contributed by atoms with Crippen LogP contribution in [0.1, 0.15) is 19.4 Å². The van der Waals surface area contributed by atoms with Crippen LogP contribution in [0.5, 0.6) is 5.75 Å². The summed E-state index contributed by atoms with van der Waals surface area (Å²) in [7, 11) is 0. The van der Waals surface area contributed by atoms with Crippen molar-refractivity contribution in [2.24, 2.45) is 0 Å². The van der Waals surface area contributed by atoms with E-state index in [1.807, 2.05) is 50.2 Å². The van der Waals surface area contributed by atoms with Crippen molar-refractivity contribution in [3.05, 3.63) is 54.1 Å². The van der Waals surface area contributed by atoms with Gasteiger partial charge in [-0.15, -0.1) is 0 Å². The number of benzene rings is 2. The van der Waals surface area contributed by atoms with Crippen LogP contribution in [-0.4, -0.2) is 60.9 Å². The zero-order chi connectivity index (χ0) is 25.5. The van der Waals surface area contributed by atoms with Crippen molar-refractivity contribution in [1.29, 1.82) is 5.41 Å². The Bertz CT molecular complexity index is 1220. The lowest BCUT2D eigenvalue weighted by Gasteiger charge is -2.29. The number of nitrogens with zero attached hydrogens (tertiary/aromatic N) is 3. The van der Waals surface area contributed by atoms with Crippen LogP contribution in [0.25, 0.3) is 11.4 Å². The quantitative estimate of drug-likeness (QED) is 0.229. The molecule has 0 saturated carbocycles. The molecular formula is C26H32N8O2. The molecule has 10 heteroatoms. The topological polar surface area (TPSA) is 141 Å². The zero-order valence-electron chi connectivity index (χ0n) is 20.5. The Morgan fingerprint density at radius 1 is 1.19 bits per heavy atom. The molecule has 3 aromatic rings. The first-order valence-electron chi connectivity index (χ1n) is 12.0. The molecule has 1 saturated heterocycles. The van der Waals surface area contributed by atoms with E-state index in [0.717, 1.165) is 43.2 Å². The molecule has 0 unspecified atom stereocenters. The van der Waals surface area contributed by atoms with Crippen LogP contribution >= 0.6 is 0 Å². The molecule has 36 heavy (non-hydrogen) atoms. The minimum atomic E-state index is -0.174. The maximum absolute atomic E-state index is 12.0. The second kappa shape index (κ2) is 11.5. The van der Waals surface area contributed by atoms with E-state index >= 15 is 0 Å². The van der Waals surface area contributed by atoms with Gasteiger partial charge in [0.2, 0.25) is 0 Å². The van der Waals surface area contributed by atoms with Gasteiger partial charge in [-0.3, -0.25) is 4.79 Å². The first-order valence-corrected chi connectivity index (χ1v) is 12.0. The number of hydrogen-bond donors (Lipinski definition) is 5. The van der Waals surface area contributed by atoms with Crippen LogP contribution in [0.2, 0.25) is 0 Å². The summed E-state index contributed by atoms with van der Waals surface area (Å²) in [5.41, 5.74) is 8.65. The van der Waals surface area contributed by atoms with Gasteiger partial charge in [0.1, 0.15) is 17.4 Å². The first-order chi connectivity index (χ1) is 17.4. The number of nitrogen functional groups attached to an aromatic ring is 1. The van der Waals surface area contributed by atoms with Crippen molar-refractivity contribution < 1.29 is 9.53 Å². The smallest absolute Gasteiger partial charge is 0.258 e. The number of aromatic nitrogens is 2. The van der Waals surface area contributed by atoms with Crippen LogP contribution in [-0.2, 0) is 4.79 Å². The van der Waals surface area contributed by atoms with E-state index in [2.05, 4.69) is 20.9 Å². The van der Waals surface area contributed by atoms with Crippen molar-refractivity contribution in [2.75, 3.05) is 48.7 Å². The molecule has 6 N–H and O–H groups in total. The van der Waals surface area contributed by atoms with Crippen molar-refractivity contribution in [3.8, 4) is 17.1 Å². The summed E-state index contributed by atoms with van der Waals surface area (Å²) in [6.45, 7) is 7.18. The third kappa shape index (κ3) is 6.48. The van der Waals surface area contributed by atoms with Gasteiger partial charge >= 0.3 is 0 Å². The highest BCUT2D eigenvalue weighted by Gasteiger charge is 2.16. The molecule has 0 spiro atoms. The van der Waals surface area contributed by atoms with Gasteiger partial charge in [0.25, 0.3) is 5.91 Å². The second-order valence-electron chi connectivity index (χ2n) is 8.82. The van der Waals surface area contributed by atoms with Gasteiger partial charge in [0, 0.05) is 67.0 Å². The standard InChI is InChI=1S/C26H32N8O2/c1-17(2)30-25(35)16-36-21-5-3-4-18(13-21)26-32-23(14-24(33-26)34-10-8-29-9-11-34)31-20-6-7-22(28)19(12-20)15-27/h3-7,12-15,17,27,29H,8-11,16,28H2,1-2H3,(H,30,35)(H,31,32,33). The molecule has 2 aromatic carbocycles. The average Bonchev–Trinajstić information content (AvgIpc) is 2.89. The van der Waals surface area contributed by atoms with Gasteiger partial charge in [-0.25, -0.2) is 9.97 Å². The fraction of sp³-hybridized carbons (Fsp3) is 0.308.